The van der Waals surface area contributed by atoms with Gasteiger partial charge in [0.05, 0.1) is 31.6 Å². The zero-order chi connectivity index (χ0) is 23.4. The third-order valence-electron chi connectivity index (χ3n) is 5.66. The monoisotopic (exact) mass is 444 g/mol. The van der Waals surface area contributed by atoms with E-state index in [1.54, 1.807) is 7.11 Å². The minimum absolute atomic E-state index is 0.120. The summed E-state index contributed by atoms with van der Waals surface area (Å²) in [6, 6.07) is 17.5. The highest BCUT2D eigenvalue weighted by Crippen LogP contribution is 2.31. The number of aliphatic hydroxyl groups excluding tert-OH is 1. The van der Waals surface area contributed by atoms with Gasteiger partial charge in [-0.3, -0.25) is 4.79 Å². The highest BCUT2D eigenvalue weighted by Gasteiger charge is 2.14. The standard InChI is InChI=1S/C26H28N4O3/c1-4-21(32)15-27-23-11-10-20(13-19(23)16-31)28-24-9-6-12-30-17(2)25(29-26(24)30)18-7-5-8-22(14-18)33-3/h5-14,27-28,31H,4,15-16H2,1-3H3. The number of aryl methyl sites for hydroxylation is 1. The van der Waals surface area contributed by atoms with Crippen molar-refractivity contribution in [3.8, 4) is 17.0 Å². The SMILES string of the molecule is CCC(=O)CNc1ccc(Nc2cccn3c(C)c(-c4cccc(OC)c4)nc23)cc1CO. The Hall–Kier alpha value is -3.84. The zero-order valence-corrected chi connectivity index (χ0v) is 19.1. The van der Waals surface area contributed by atoms with E-state index in [9.17, 15) is 9.90 Å². The Morgan fingerprint density at radius 2 is 1.97 bits per heavy atom. The Bertz CT molecular complexity index is 1300. The fourth-order valence-corrected chi connectivity index (χ4v) is 3.78. The van der Waals surface area contributed by atoms with Crippen LogP contribution in [-0.2, 0) is 11.4 Å². The fourth-order valence-electron chi connectivity index (χ4n) is 3.78. The smallest absolute Gasteiger partial charge is 0.161 e. The van der Waals surface area contributed by atoms with E-state index in [1.807, 2.05) is 74.6 Å². The van der Waals surface area contributed by atoms with Crippen molar-refractivity contribution in [2.75, 3.05) is 24.3 Å². The molecular weight excluding hydrogens is 416 g/mol. The molecule has 0 radical (unpaired) electrons. The number of benzene rings is 2. The number of aliphatic hydroxyl groups is 1. The van der Waals surface area contributed by atoms with E-state index in [1.165, 1.54) is 0 Å². The van der Waals surface area contributed by atoms with Crippen LogP contribution in [0.1, 0.15) is 24.6 Å². The molecule has 0 bridgehead atoms. The van der Waals surface area contributed by atoms with Crippen molar-refractivity contribution in [3.05, 3.63) is 72.1 Å². The van der Waals surface area contributed by atoms with Crippen LogP contribution in [0.5, 0.6) is 5.75 Å². The fraction of sp³-hybridized carbons (Fsp3) is 0.231. The quantitative estimate of drug-likeness (QED) is 0.339. The molecule has 0 fully saturated rings. The molecule has 0 spiro atoms. The van der Waals surface area contributed by atoms with Crippen LogP contribution in [0.4, 0.5) is 17.1 Å². The molecule has 0 aliphatic rings. The molecule has 0 aliphatic carbocycles. The van der Waals surface area contributed by atoms with Gasteiger partial charge in [-0.15, -0.1) is 0 Å². The number of pyridine rings is 1. The molecule has 4 aromatic rings. The second-order valence-electron chi connectivity index (χ2n) is 7.79. The van der Waals surface area contributed by atoms with Gasteiger partial charge in [-0.25, -0.2) is 4.98 Å². The van der Waals surface area contributed by atoms with E-state index in [0.29, 0.717) is 12.0 Å². The van der Waals surface area contributed by atoms with Crippen molar-refractivity contribution in [1.82, 2.24) is 9.38 Å². The van der Waals surface area contributed by atoms with Crippen molar-refractivity contribution in [2.24, 2.45) is 0 Å². The molecule has 3 N–H and O–H groups in total. The predicted molar refractivity (Wildman–Crippen MR) is 131 cm³/mol. The number of carbonyl (C=O) groups excluding carboxylic acids is 1. The Balaban J connectivity index is 1.66. The highest BCUT2D eigenvalue weighted by atomic mass is 16.5. The van der Waals surface area contributed by atoms with Gasteiger partial charge in [0, 0.05) is 40.8 Å². The van der Waals surface area contributed by atoms with E-state index < -0.39 is 0 Å². The summed E-state index contributed by atoms with van der Waals surface area (Å²) in [5, 5.41) is 16.4. The number of ketones is 1. The van der Waals surface area contributed by atoms with Crippen LogP contribution in [-0.4, -0.2) is 33.9 Å². The van der Waals surface area contributed by atoms with Crippen LogP contribution in [0.3, 0.4) is 0 Å². The number of fused-ring (bicyclic) bond motifs is 1. The van der Waals surface area contributed by atoms with Gasteiger partial charge < -0.3 is 24.9 Å². The van der Waals surface area contributed by atoms with Crippen LogP contribution >= 0.6 is 0 Å². The minimum Gasteiger partial charge on any atom is -0.497 e. The third kappa shape index (κ3) is 4.68. The Labute approximate surface area is 193 Å². The molecule has 2 aromatic carbocycles. The molecule has 170 valence electrons. The number of rotatable bonds is 9. The van der Waals surface area contributed by atoms with Gasteiger partial charge in [0.2, 0.25) is 0 Å². The first-order chi connectivity index (χ1) is 16.0. The number of aromatic nitrogens is 2. The maximum Gasteiger partial charge on any atom is 0.161 e. The zero-order valence-electron chi connectivity index (χ0n) is 19.1. The lowest BCUT2D eigenvalue weighted by Gasteiger charge is -2.13. The van der Waals surface area contributed by atoms with Crippen LogP contribution in [0.15, 0.2) is 60.8 Å². The van der Waals surface area contributed by atoms with E-state index >= 15 is 0 Å². The molecule has 33 heavy (non-hydrogen) atoms. The van der Waals surface area contributed by atoms with E-state index in [0.717, 1.165) is 45.4 Å². The van der Waals surface area contributed by atoms with E-state index in [-0.39, 0.29) is 18.9 Å². The first-order valence-electron chi connectivity index (χ1n) is 10.9. The first-order valence-corrected chi connectivity index (χ1v) is 10.9. The van der Waals surface area contributed by atoms with Gasteiger partial charge in [0.15, 0.2) is 11.4 Å². The number of hydrogen-bond donors (Lipinski definition) is 3. The lowest BCUT2D eigenvalue weighted by molar-refractivity contribution is -0.117. The van der Waals surface area contributed by atoms with E-state index in [2.05, 4.69) is 15.0 Å². The van der Waals surface area contributed by atoms with Gasteiger partial charge in [0.1, 0.15) is 5.75 Å². The Kier molecular flexibility index (Phi) is 6.60. The molecule has 7 heteroatoms. The van der Waals surface area contributed by atoms with Gasteiger partial charge >= 0.3 is 0 Å². The second-order valence-corrected chi connectivity index (χ2v) is 7.79. The predicted octanol–water partition coefficient (Wildman–Crippen LogP) is 4.95. The molecule has 0 atom stereocenters. The number of carbonyl (C=O) groups is 1. The molecule has 0 amide bonds. The summed E-state index contributed by atoms with van der Waals surface area (Å²) in [5.74, 6) is 0.905. The van der Waals surface area contributed by atoms with Crippen molar-refractivity contribution < 1.29 is 14.6 Å². The summed E-state index contributed by atoms with van der Waals surface area (Å²) in [6.45, 7) is 3.99. The topological polar surface area (TPSA) is 87.9 Å². The average Bonchev–Trinajstić information content (AvgIpc) is 3.20. The van der Waals surface area contributed by atoms with E-state index in [4.69, 9.17) is 9.72 Å². The number of nitrogens with zero attached hydrogens (tertiary/aromatic N) is 2. The maximum absolute atomic E-state index is 11.6. The Morgan fingerprint density at radius 3 is 2.73 bits per heavy atom. The minimum atomic E-state index is -0.134. The van der Waals surface area contributed by atoms with Crippen LogP contribution < -0.4 is 15.4 Å². The number of Topliss-reactive ketones (excluding diaryl/α,β-unsaturated/α-hetero) is 1. The molecule has 4 rings (SSSR count). The summed E-state index contributed by atoms with van der Waals surface area (Å²) in [5.41, 5.74) is 6.84. The number of ether oxygens (including phenoxy) is 1. The number of nitrogens with one attached hydrogen (secondary N) is 2. The van der Waals surface area contributed by atoms with Crippen molar-refractivity contribution in [1.29, 1.82) is 0 Å². The van der Waals surface area contributed by atoms with Crippen LogP contribution in [0.25, 0.3) is 16.9 Å². The van der Waals surface area contributed by atoms with Gasteiger partial charge in [0.25, 0.3) is 0 Å². The number of imidazole rings is 1. The number of methoxy groups -OCH3 is 1. The second kappa shape index (κ2) is 9.75. The molecule has 7 nitrogen and oxygen atoms in total. The Morgan fingerprint density at radius 1 is 1.12 bits per heavy atom. The number of anilines is 3. The summed E-state index contributed by atoms with van der Waals surface area (Å²) < 4.78 is 7.42. The molecule has 2 aromatic heterocycles. The summed E-state index contributed by atoms with van der Waals surface area (Å²) in [4.78, 5) is 16.5. The lowest BCUT2D eigenvalue weighted by Crippen LogP contribution is -2.13. The van der Waals surface area contributed by atoms with Gasteiger partial charge in [-0.2, -0.15) is 0 Å². The van der Waals surface area contributed by atoms with Crippen LogP contribution in [0.2, 0.25) is 0 Å². The largest absolute Gasteiger partial charge is 0.497 e. The maximum atomic E-state index is 11.6. The van der Waals surface area contributed by atoms with Crippen molar-refractivity contribution in [2.45, 2.75) is 26.9 Å². The highest BCUT2D eigenvalue weighted by molar-refractivity contribution is 5.83. The molecule has 0 aliphatic heterocycles. The molecule has 0 saturated carbocycles. The molecule has 0 saturated heterocycles. The molecular formula is C26H28N4O3. The average molecular weight is 445 g/mol. The van der Waals surface area contributed by atoms with Crippen LogP contribution in [0, 0.1) is 6.92 Å². The normalized spacial score (nSPS) is 10.9. The summed E-state index contributed by atoms with van der Waals surface area (Å²) in [6.07, 6.45) is 2.47. The van der Waals surface area contributed by atoms with Crippen molar-refractivity contribution >= 4 is 28.5 Å². The molecule has 0 unspecified atom stereocenters. The lowest BCUT2D eigenvalue weighted by atomic mass is 10.1. The van der Waals surface area contributed by atoms with Gasteiger partial charge in [-0.1, -0.05) is 19.1 Å². The summed E-state index contributed by atoms with van der Waals surface area (Å²) >= 11 is 0. The first kappa shape index (κ1) is 22.4. The molecule has 2 heterocycles. The number of hydrogen-bond acceptors (Lipinski definition) is 6. The van der Waals surface area contributed by atoms with Crippen molar-refractivity contribution in [3.63, 3.8) is 0 Å². The third-order valence-corrected chi connectivity index (χ3v) is 5.66. The summed E-state index contributed by atoms with van der Waals surface area (Å²) in [7, 11) is 1.65. The van der Waals surface area contributed by atoms with Gasteiger partial charge in [-0.05, 0) is 49.4 Å².